The summed E-state index contributed by atoms with van der Waals surface area (Å²) in [5, 5.41) is 16.5. The van der Waals surface area contributed by atoms with Crippen molar-refractivity contribution in [2.45, 2.75) is 0 Å². The van der Waals surface area contributed by atoms with Crippen LogP contribution in [0.25, 0.3) is 45.6 Å². The molecule has 0 aliphatic rings. The number of methoxy groups -OCH3 is 8. The van der Waals surface area contributed by atoms with E-state index >= 15 is 0 Å². The fraction of sp³-hybridized carbons (Fsp3) is 0.167. The largest absolute Gasteiger partial charge is 0.495 e. The van der Waals surface area contributed by atoms with Gasteiger partial charge in [-0.3, -0.25) is 0 Å². The van der Waals surface area contributed by atoms with Gasteiger partial charge in [-0.25, -0.2) is 0 Å². The molecule has 8 nitrogen and oxygen atoms in total. The highest BCUT2D eigenvalue weighted by atomic mass is 32.1. The lowest BCUT2D eigenvalue weighted by atomic mass is 9.84. The molecule has 8 aromatic heterocycles. The standard InChI is InChI=1S/C48H42O8S8/c1-49-29-9-17-57-37(29)25-27(43-31(51-3)11-19-59-43)39(45-33(53-5)13-21-61-45)41(47-35(55-7)15-23-63-47)42(48-36(56-8)16-24-64-48)40(46-34(54-6)14-22-62-46)28(44-32(52-4)12-20-60-44)26-38-30(50-2)10-18-58-38/h9-26H,1-8H3. The quantitative estimate of drug-likeness (QED) is 0.0742. The van der Waals surface area contributed by atoms with Crippen LogP contribution in [0.3, 0.4) is 0 Å². The lowest BCUT2D eigenvalue weighted by molar-refractivity contribution is 0.414. The number of hydrogen-bond acceptors (Lipinski definition) is 16. The number of thiophene rings is 8. The van der Waals surface area contributed by atoms with Crippen molar-refractivity contribution in [1.29, 1.82) is 0 Å². The van der Waals surface area contributed by atoms with E-state index in [-0.39, 0.29) is 0 Å². The highest BCUT2D eigenvalue weighted by molar-refractivity contribution is 7.16. The summed E-state index contributed by atoms with van der Waals surface area (Å²) in [4.78, 5) is 7.28. The van der Waals surface area contributed by atoms with Crippen LogP contribution in [0.4, 0.5) is 0 Å². The molecule has 0 aliphatic heterocycles. The first-order valence-corrected chi connectivity index (χ1v) is 26.3. The molecule has 8 aromatic rings. The Morgan fingerprint density at radius 1 is 0.281 bits per heavy atom. The molecule has 0 unspecified atom stereocenters. The monoisotopic (exact) mass is 1000 g/mol. The molecule has 0 atom stereocenters. The van der Waals surface area contributed by atoms with E-state index in [9.17, 15) is 0 Å². The van der Waals surface area contributed by atoms with E-state index in [0.29, 0.717) is 23.0 Å². The van der Waals surface area contributed by atoms with Crippen molar-refractivity contribution in [3.63, 3.8) is 0 Å². The van der Waals surface area contributed by atoms with Crippen LogP contribution in [0.5, 0.6) is 46.0 Å². The number of hydrogen-bond donors (Lipinski definition) is 0. The van der Waals surface area contributed by atoms with Gasteiger partial charge in [0.2, 0.25) is 0 Å². The van der Waals surface area contributed by atoms with E-state index in [1.807, 2.05) is 59.3 Å². The summed E-state index contributed by atoms with van der Waals surface area (Å²) in [7, 11) is 13.7. The Balaban J connectivity index is 1.72. The van der Waals surface area contributed by atoms with Gasteiger partial charge in [0, 0.05) is 33.4 Å². The molecule has 0 saturated heterocycles. The molecule has 0 fully saturated rings. The third-order valence-corrected chi connectivity index (χ3v) is 17.3. The summed E-state index contributed by atoms with van der Waals surface area (Å²) >= 11 is 12.8. The Labute approximate surface area is 404 Å². The van der Waals surface area contributed by atoms with Crippen LogP contribution in [0.15, 0.2) is 91.6 Å². The summed E-state index contributed by atoms with van der Waals surface area (Å²) in [5.74, 6) is 5.78. The predicted octanol–water partition coefficient (Wildman–Crippen LogP) is 15.3. The normalized spacial score (nSPS) is 12.8. The predicted molar refractivity (Wildman–Crippen MR) is 276 cm³/mol. The average molecular weight is 1000 g/mol. The van der Waals surface area contributed by atoms with Crippen molar-refractivity contribution >= 4 is 136 Å². The van der Waals surface area contributed by atoms with Crippen LogP contribution in [0, 0.1) is 0 Å². The molecular weight excluding hydrogens is 961 g/mol. The number of rotatable bonds is 19. The zero-order valence-electron chi connectivity index (χ0n) is 35.9. The average Bonchev–Trinajstić information content (AvgIpc) is 4.18. The molecule has 0 aromatic carbocycles. The van der Waals surface area contributed by atoms with Gasteiger partial charge in [0.25, 0.3) is 0 Å². The zero-order chi connectivity index (χ0) is 44.7. The van der Waals surface area contributed by atoms with Gasteiger partial charge < -0.3 is 37.9 Å². The molecular formula is C48H42O8S8. The third kappa shape index (κ3) is 8.73. The minimum Gasteiger partial charge on any atom is -0.495 e. The van der Waals surface area contributed by atoms with Crippen LogP contribution in [0.1, 0.15) is 39.0 Å². The summed E-state index contributed by atoms with van der Waals surface area (Å²) in [6, 6.07) is 16.1. The summed E-state index contributed by atoms with van der Waals surface area (Å²) in [6.07, 6.45) is 4.41. The van der Waals surface area contributed by atoms with Crippen LogP contribution in [-0.2, 0) is 0 Å². The fourth-order valence-corrected chi connectivity index (χ4v) is 14.3. The van der Waals surface area contributed by atoms with E-state index in [4.69, 9.17) is 37.9 Å². The Morgan fingerprint density at radius 2 is 0.500 bits per heavy atom. The second kappa shape index (κ2) is 20.9. The molecule has 0 bridgehead atoms. The molecule has 8 heterocycles. The molecule has 0 N–H and O–H groups in total. The topological polar surface area (TPSA) is 73.8 Å². The lowest BCUT2D eigenvalue weighted by Gasteiger charge is -2.25. The first kappa shape index (κ1) is 45.5. The Bertz CT molecular complexity index is 2770. The van der Waals surface area contributed by atoms with Crippen LogP contribution >= 0.6 is 90.7 Å². The van der Waals surface area contributed by atoms with Gasteiger partial charge in [-0.1, -0.05) is 0 Å². The van der Waals surface area contributed by atoms with Gasteiger partial charge >= 0.3 is 0 Å². The highest BCUT2D eigenvalue weighted by Crippen LogP contribution is 2.60. The van der Waals surface area contributed by atoms with Crippen LogP contribution in [0.2, 0.25) is 0 Å². The maximum Gasteiger partial charge on any atom is 0.137 e. The van der Waals surface area contributed by atoms with E-state index < -0.39 is 0 Å². The van der Waals surface area contributed by atoms with Crippen molar-refractivity contribution in [2.75, 3.05) is 56.9 Å². The first-order chi connectivity index (χ1) is 31.4. The minimum atomic E-state index is 0.698. The summed E-state index contributed by atoms with van der Waals surface area (Å²) in [5.41, 5.74) is 5.29. The number of ether oxygens (including phenoxy) is 8. The van der Waals surface area contributed by atoms with E-state index in [0.717, 1.165) is 95.5 Å². The SMILES string of the molecule is COc1ccsc1C=C(C(=C(C(=C(C(=Cc1sccc1OC)c1sccc1OC)c1sccc1OC)c1sccc1OC)c1sccc1OC)c1sccc1OC)c1sccc1OC. The highest BCUT2D eigenvalue weighted by Gasteiger charge is 2.35. The molecule has 0 spiro atoms. The third-order valence-electron chi connectivity index (χ3n) is 10.1. The summed E-state index contributed by atoms with van der Waals surface area (Å²) < 4.78 is 49.6. The van der Waals surface area contributed by atoms with Gasteiger partial charge in [0.1, 0.15) is 46.0 Å². The molecule has 16 heteroatoms. The van der Waals surface area contributed by atoms with Gasteiger partial charge in [-0.15, -0.1) is 90.7 Å². The molecule has 0 saturated carbocycles. The van der Waals surface area contributed by atoms with Gasteiger partial charge in [-0.05, 0) is 104 Å². The zero-order valence-corrected chi connectivity index (χ0v) is 42.5. The van der Waals surface area contributed by atoms with Crippen molar-refractivity contribution in [3.8, 4) is 46.0 Å². The lowest BCUT2D eigenvalue weighted by Crippen LogP contribution is -2.04. The molecule has 64 heavy (non-hydrogen) atoms. The van der Waals surface area contributed by atoms with Crippen molar-refractivity contribution in [3.05, 3.63) is 131 Å². The van der Waals surface area contributed by atoms with Crippen LogP contribution < -0.4 is 37.9 Å². The van der Waals surface area contributed by atoms with Gasteiger partial charge in [0.15, 0.2) is 0 Å². The smallest absolute Gasteiger partial charge is 0.137 e. The first-order valence-electron chi connectivity index (χ1n) is 19.3. The van der Waals surface area contributed by atoms with Gasteiger partial charge in [-0.2, -0.15) is 0 Å². The molecule has 0 amide bonds. The van der Waals surface area contributed by atoms with Crippen molar-refractivity contribution in [1.82, 2.24) is 0 Å². The van der Waals surface area contributed by atoms with E-state index in [1.54, 1.807) is 148 Å². The van der Waals surface area contributed by atoms with Crippen molar-refractivity contribution in [2.24, 2.45) is 0 Å². The second-order valence-electron chi connectivity index (χ2n) is 13.2. The second-order valence-corrected chi connectivity index (χ2v) is 20.6. The van der Waals surface area contributed by atoms with Gasteiger partial charge in [0.05, 0.1) is 95.9 Å². The molecule has 0 radical (unpaired) electrons. The van der Waals surface area contributed by atoms with Crippen LogP contribution in [-0.4, -0.2) is 56.9 Å². The Kier molecular flexibility index (Phi) is 14.8. The Hall–Kier alpha value is -5.04. The summed E-state index contributed by atoms with van der Waals surface area (Å²) in [6.45, 7) is 0. The van der Waals surface area contributed by atoms with E-state index in [2.05, 4.69) is 44.4 Å². The molecule has 330 valence electrons. The molecule has 0 aliphatic carbocycles. The maximum atomic E-state index is 6.34. The number of allylic oxidation sites excluding steroid dienone is 6. The van der Waals surface area contributed by atoms with E-state index in [1.165, 1.54) is 0 Å². The van der Waals surface area contributed by atoms with Crippen molar-refractivity contribution < 1.29 is 37.9 Å². The maximum absolute atomic E-state index is 6.34. The fourth-order valence-electron chi connectivity index (χ4n) is 7.25. The minimum absolute atomic E-state index is 0.698. The Morgan fingerprint density at radius 3 is 0.781 bits per heavy atom. The molecule has 8 rings (SSSR count).